The number of carbonyl (C=O) groups is 1. The van der Waals surface area contributed by atoms with Gasteiger partial charge in [0, 0.05) is 6.54 Å². The molecule has 0 spiro atoms. The predicted molar refractivity (Wildman–Crippen MR) is 84.0 cm³/mol. The van der Waals surface area contributed by atoms with Crippen molar-refractivity contribution in [1.29, 1.82) is 0 Å². The molecular formula is C17H33NO2. The van der Waals surface area contributed by atoms with E-state index in [1.807, 2.05) is 0 Å². The van der Waals surface area contributed by atoms with E-state index in [2.05, 4.69) is 12.2 Å². The lowest BCUT2D eigenvalue weighted by atomic mass is 9.82. The number of carboxylic acids is 1. The average molecular weight is 283 g/mol. The van der Waals surface area contributed by atoms with Gasteiger partial charge in [-0.15, -0.1) is 0 Å². The lowest BCUT2D eigenvalue weighted by Gasteiger charge is -2.22. The lowest BCUT2D eigenvalue weighted by Crippen LogP contribution is -2.33. The summed E-state index contributed by atoms with van der Waals surface area (Å²) < 4.78 is 0. The fraction of sp³-hybridized carbons (Fsp3) is 0.941. The van der Waals surface area contributed by atoms with Crippen LogP contribution >= 0.6 is 0 Å². The summed E-state index contributed by atoms with van der Waals surface area (Å²) in [6, 6.07) is 0. The second-order valence-corrected chi connectivity index (χ2v) is 6.44. The lowest BCUT2D eigenvalue weighted by molar-refractivity contribution is -0.148. The Kier molecular flexibility index (Phi) is 8.92. The molecule has 1 fully saturated rings. The quantitative estimate of drug-likeness (QED) is 0.523. The van der Waals surface area contributed by atoms with Gasteiger partial charge >= 0.3 is 5.97 Å². The fourth-order valence-corrected chi connectivity index (χ4v) is 3.20. The molecule has 20 heavy (non-hydrogen) atoms. The number of rotatable bonds is 12. The summed E-state index contributed by atoms with van der Waals surface area (Å²) in [6.07, 6.45) is 14.7. The van der Waals surface area contributed by atoms with Crippen LogP contribution in [-0.2, 0) is 4.79 Å². The van der Waals surface area contributed by atoms with Gasteiger partial charge in [-0.1, -0.05) is 71.1 Å². The number of nitrogens with one attached hydrogen (secondary N) is 1. The maximum absolute atomic E-state index is 11.4. The Hall–Kier alpha value is -0.570. The summed E-state index contributed by atoms with van der Waals surface area (Å²) >= 11 is 0. The van der Waals surface area contributed by atoms with E-state index in [0.717, 1.165) is 25.8 Å². The number of unbranched alkanes of at least 4 members (excludes halogenated alkanes) is 9. The van der Waals surface area contributed by atoms with Gasteiger partial charge in [0.1, 0.15) is 0 Å². The average Bonchev–Trinajstić information content (AvgIpc) is 2.91. The van der Waals surface area contributed by atoms with Crippen LogP contribution in [0.5, 0.6) is 0 Å². The molecule has 2 N–H and O–H groups in total. The molecule has 1 unspecified atom stereocenters. The number of aliphatic carboxylic acids is 1. The van der Waals surface area contributed by atoms with E-state index in [-0.39, 0.29) is 0 Å². The monoisotopic (exact) mass is 283 g/mol. The van der Waals surface area contributed by atoms with Crippen molar-refractivity contribution in [3.05, 3.63) is 0 Å². The van der Waals surface area contributed by atoms with Gasteiger partial charge in [-0.3, -0.25) is 4.79 Å². The van der Waals surface area contributed by atoms with Crippen LogP contribution in [0.15, 0.2) is 0 Å². The topological polar surface area (TPSA) is 49.3 Å². The third kappa shape index (κ3) is 6.25. The maximum atomic E-state index is 11.4. The fourth-order valence-electron chi connectivity index (χ4n) is 3.20. The molecular weight excluding hydrogens is 250 g/mol. The molecule has 0 radical (unpaired) electrons. The van der Waals surface area contributed by atoms with Gasteiger partial charge in [0.2, 0.25) is 0 Å². The zero-order valence-electron chi connectivity index (χ0n) is 13.3. The van der Waals surface area contributed by atoms with E-state index in [1.54, 1.807) is 0 Å². The molecule has 3 nitrogen and oxygen atoms in total. The van der Waals surface area contributed by atoms with Gasteiger partial charge in [-0.05, 0) is 19.4 Å². The molecule has 0 bridgehead atoms. The van der Waals surface area contributed by atoms with Crippen molar-refractivity contribution in [2.24, 2.45) is 5.41 Å². The normalized spacial score (nSPS) is 22.2. The van der Waals surface area contributed by atoms with E-state index >= 15 is 0 Å². The largest absolute Gasteiger partial charge is 0.481 e. The maximum Gasteiger partial charge on any atom is 0.310 e. The summed E-state index contributed by atoms with van der Waals surface area (Å²) in [6.45, 7) is 3.79. The zero-order chi connectivity index (χ0) is 14.7. The first-order chi connectivity index (χ1) is 9.71. The molecule has 0 aromatic rings. The van der Waals surface area contributed by atoms with Crippen LogP contribution in [-0.4, -0.2) is 24.2 Å². The van der Waals surface area contributed by atoms with Crippen molar-refractivity contribution in [3.63, 3.8) is 0 Å². The van der Waals surface area contributed by atoms with Crippen LogP contribution in [0.4, 0.5) is 0 Å². The third-order valence-corrected chi connectivity index (χ3v) is 4.71. The standard InChI is InChI=1S/C17H33NO2/c1-2-3-4-5-6-7-8-9-10-11-12-17(16(19)20)13-14-18-15-17/h18H,2-15H2,1H3,(H,19,20). The first-order valence-corrected chi connectivity index (χ1v) is 8.65. The van der Waals surface area contributed by atoms with Gasteiger partial charge in [-0.25, -0.2) is 0 Å². The highest BCUT2D eigenvalue weighted by molar-refractivity contribution is 5.75. The summed E-state index contributed by atoms with van der Waals surface area (Å²) in [7, 11) is 0. The van der Waals surface area contributed by atoms with Gasteiger partial charge in [-0.2, -0.15) is 0 Å². The molecule has 3 heteroatoms. The summed E-state index contributed by atoms with van der Waals surface area (Å²) in [5.41, 5.74) is -0.458. The van der Waals surface area contributed by atoms with Crippen molar-refractivity contribution in [2.45, 2.75) is 84.0 Å². The van der Waals surface area contributed by atoms with E-state index in [1.165, 1.54) is 57.8 Å². The van der Waals surface area contributed by atoms with Crippen LogP contribution in [0.2, 0.25) is 0 Å². The Morgan fingerprint density at radius 1 is 1.00 bits per heavy atom. The number of carboxylic acid groups (broad SMARTS) is 1. The Morgan fingerprint density at radius 3 is 2.00 bits per heavy atom. The molecule has 0 aromatic carbocycles. The first-order valence-electron chi connectivity index (χ1n) is 8.65. The van der Waals surface area contributed by atoms with Crippen molar-refractivity contribution in [3.8, 4) is 0 Å². The van der Waals surface area contributed by atoms with Gasteiger partial charge in [0.05, 0.1) is 5.41 Å². The second-order valence-electron chi connectivity index (χ2n) is 6.44. The Bertz CT molecular complexity index is 260. The summed E-state index contributed by atoms with van der Waals surface area (Å²) in [5.74, 6) is -0.599. The van der Waals surface area contributed by atoms with Crippen molar-refractivity contribution < 1.29 is 9.90 Å². The molecule has 1 aliphatic rings. The van der Waals surface area contributed by atoms with Gasteiger partial charge in [0.25, 0.3) is 0 Å². The molecule has 1 heterocycles. The highest BCUT2D eigenvalue weighted by Crippen LogP contribution is 2.32. The van der Waals surface area contributed by atoms with Crippen LogP contribution in [0, 0.1) is 5.41 Å². The number of hydrogen-bond donors (Lipinski definition) is 2. The van der Waals surface area contributed by atoms with Gasteiger partial charge in [0.15, 0.2) is 0 Å². The molecule has 0 aliphatic carbocycles. The van der Waals surface area contributed by atoms with E-state index in [0.29, 0.717) is 6.54 Å². The van der Waals surface area contributed by atoms with E-state index < -0.39 is 11.4 Å². The van der Waals surface area contributed by atoms with Crippen LogP contribution in [0.1, 0.15) is 84.0 Å². The smallest absolute Gasteiger partial charge is 0.310 e. The Labute approximate surface area is 124 Å². The first kappa shape index (κ1) is 17.5. The number of hydrogen-bond acceptors (Lipinski definition) is 2. The summed E-state index contributed by atoms with van der Waals surface area (Å²) in [5, 5.41) is 12.6. The van der Waals surface area contributed by atoms with Crippen molar-refractivity contribution in [2.75, 3.05) is 13.1 Å². The van der Waals surface area contributed by atoms with E-state index in [9.17, 15) is 9.90 Å². The molecule has 1 aliphatic heterocycles. The summed E-state index contributed by atoms with van der Waals surface area (Å²) in [4.78, 5) is 11.4. The minimum Gasteiger partial charge on any atom is -0.481 e. The molecule has 1 atom stereocenters. The third-order valence-electron chi connectivity index (χ3n) is 4.71. The van der Waals surface area contributed by atoms with Gasteiger partial charge < -0.3 is 10.4 Å². The van der Waals surface area contributed by atoms with Crippen LogP contribution in [0.3, 0.4) is 0 Å². The Morgan fingerprint density at radius 2 is 1.55 bits per heavy atom. The van der Waals surface area contributed by atoms with Crippen molar-refractivity contribution in [1.82, 2.24) is 5.32 Å². The second kappa shape index (κ2) is 10.2. The minimum absolute atomic E-state index is 0.458. The molecule has 0 amide bonds. The molecule has 1 saturated heterocycles. The highest BCUT2D eigenvalue weighted by atomic mass is 16.4. The van der Waals surface area contributed by atoms with Crippen molar-refractivity contribution >= 4 is 5.97 Å². The SMILES string of the molecule is CCCCCCCCCCCCC1(C(=O)O)CCNC1. The van der Waals surface area contributed by atoms with Crippen LogP contribution < -0.4 is 5.32 Å². The molecule has 0 saturated carbocycles. The minimum atomic E-state index is -0.599. The van der Waals surface area contributed by atoms with E-state index in [4.69, 9.17) is 0 Å². The van der Waals surface area contributed by atoms with Crippen LogP contribution in [0.25, 0.3) is 0 Å². The Balaban J connectivity index is 1.95. The highest BCUT2D eigenvalue weighted by Gasteiger charge is 2.40. The molecule has 118 valence electrons. The zero-order valence-corrected chi connectivity index (χ0v) is 13.3. The molecule has 1 rings (SSSR count). The predicted octanol–water partition coefficient (Wildman–Crippen LogP) is 4.36. The molecule has 0 aromatic heterocycles.